The third-order valence-corrected chi connectivity index (χ3v) is 3.42. The van der Waals surface area contributed by atoms with Crippen LogP contribution in [0.1, 0.15) is 63.1 Å². The van der Waals surface area contributed by atoms with Gasteiger partial charge in [0.1, 0.15) is 0 Å². The monoisotopic (exact) mass is 233 g/mol. The molecule has 0 saturated heterocycles. The second-order valence-electron chi connectivity index (χ2n) is 5.05. The van der Waals surface area contributed by atoms with E-state index in [1.807, 2.05) is 6.92 Å². The zero-order valence-corrected chi connectivity index (χ0v) is 10.4. The first kappa shape index (κ1) is 12.1. The van der Waals surface area contributed by atoms with Gasteiger partial charge in [-0.15, -0.1) is 0 Å². The van der Waals surface area contributed by atoms with Crippen LogP contribution in [-0.2, 0) is 6.42 Å². The lowest BCUT2D eigenvalue weighted by atomic mass is 9.89. The third kappa shape index (κ3) is 3.29. The minimum Gasteiger partial charge on any atom is -0.339 e. The van der Waals surface area contributed by atoms with Gasteiger partial charge in [-0.2, -0.15) is 10.2 Å². The van der Waals surface area contributed by atoms with Crippen LogP contribution in [0.25, 0.3) is 0 Å². The summed E-state index contributed by atoms with van der Waals surface area (Å²) >= 11 is 0. The van der Waals surface area contributed by atoms with Crippen molar-refractivity contribution in [2.75, 3.05) is 0 Å². The Labute approximate surface area is 102 Å². The Hall–Kier alpha value is -1.37. The van der Waals surface area contributed by atoms with Gasteiger partial charge in [0.2, 0.25) is 5.89 Å². The average molecular weight is 233 g/mol. The molecule has 1 saturated carbocycles. The van der Waals surface area contributed by atoms with E-state index in [4.69, 9.17) is 9.78 Å². The Morgan fingerprint density at radius 1 is 1.41 bits per heavy atom. The Kier molecular flexibility index (Phi) is 4.13. The molecule has 0 amide bonds. The second kappa shape index (κ2) is 5.81. The quantitative estimate of drug-likeness (QED) is 0.801. The van der Waals surface area contributed by atoms with E-state index in [0.717, 1.165) is 5.82 Å². The molecule has 1 atom stereocenters. The summed E-state index contributed by atoms with van der Waals surface area (Å²) < 4.78 is 5.26. The van der Waals surface area contributed by atoms with E-state index in [1.54, 1.807) is 0 Å². The van der Waals surface area contributed by atoms with Gasteiger partial charge in [0.05, 0.1) is 6.07 Å². The Balaban J connectivity index is 1.93. The number of rotatable bonds is 4. The molecular formula is C13H19N3O. The first-order valence-electron chi connectivity index (χ1n) is 6.49. The number of aromatic nitrogens is 2. The zero-order valence-electron chi connectivity index (χ0n) is 10.4. The van der Waals surface area contributed by atoms with Gasteiger partial charge in [-0.05, 0) is 18.8 Å². The number of nitriles is 1. The van der Waals surface area contributed by atoms with Crippen molar-refractivity contribution >= 4 is 0 Å². The molecule has 0 radical (unpaired) electrons. The minimum absolute atomic E-state index is 0.291. The van der Waals surface area contributed by atoms with Crippen LogP contribution < -0.4 is 0 Å². The van der Waals surface area contributed by atoms with E-state index in [9.17, 15) is 0 Å². The van der Waals surface area contributed by atoms with Gasteiger partial charge in [0, 0.05) is 18.8 Å². The molecule has 0 aliphatic heterocycles. The molecule has 1 unspecified atom stereocenters. The van der Waals surface area contributed by atoms with Gasteiger partial charge < -0.3 is 4.52 Å². The van der Waals surface area contributed by atoms with Crippen molar-refractivity contribution < 1.29 is 4.52 Å². The lowest BCUT2D eigenvalue weighted by Crippen LogP contribution is -2.06. The maximum absolute atomic E-state index is 8.61. The SMILES string of the molecule is CC(CC#N)Cc1nc(C2CCCCC2)no1. The molecule has 1 aromatic rings. The fourth-order valence-electron chi connectivity index (χ4n) is 2.40. The molecule has 0 spiro atoms. The first-order chi connectivity index (χ1) is 8.29. The van der Waals surface area contributed by atoms with Gasteiger partial charge in [-0.3, -0.25) is 0 Å². The normalized spacial score (nSPS) is 18.8. The van der Waals surface area contributed by atoms with Crippen molar-refractivity contribution in [3.05, 3.63) is 11.7 Å². The number of hydrogen-bond donors (Lipinski definition) is 0. The van der Waals surface area contributed by atoms with E-state index < -0.39 is 0 Å². The molecule has 0 N–H and O–H groups in total. The van der Waals surface area contributed by atoms with Crippen LogP contribution in [-0.4, -0.2) is 10.1 Å². The summed E-state index contributed by atoms with van der Waals surface area (Å²) in [4.78, 5) is 4.47. The van der Waals surface area contributed by atoms with Crippen molar-refractivity contribution in [3.8, 4) is 6.07 Å². The van der Waals surface area contributed by atoms with Gasteiger partial charge in [-0.1, -0.05) is 31.3 Å². The van der Waals surface area contributed by atoms with E-state index >= 15 is 0 Å². The van der Waals surface area contributed by atoms with Gasteiger partial charge >= 0.3 is 0 Å². The van der Waals surface area contributed by atoms with Crippen LogP contribution in [0.4, 0.5) is 0 Å². The fraction of sp³-hybridized carbons (Fsp3) is 0.769. The Morgan fingerprint density at radius 2 is 2.18 bits per heavy atom. The van der Waals surface area contributed by atoms with Gasteiger partial charge in [0.25, 0.3) is 0 Å². The van der Waals surface area contributed by atoms with Crippen LogP contribution in [0.3, 0.4) is 0 Å². The van der Waals surface area contributed by atoms with Crippen LogP contribution in [0.2, 0.25) is 0 Å². The largest absolute Gasteiger partial charge is 0.339 e. The molecule has 1 aliphatic rings. The predicted octanol–water partition coefficient (Wildman–Crippen LogP) is 3.21. The van der Waals surface area contributed by atoms with E-state index in [1.165, 1.54) is 32.1 Å². The lowest BCUT2D eigenvalue weighted by Gasteiger charge is -2.17. The summed E-state index contributed by atoms with van der Waals surface area (Å²) in [7, 11) is 0. The second-order valence-corrected chi connectivity index (χ2v) is 5.05. The van der Waals surface area contributed by atoms with E-state index in [0.29, 0.717) is 30.6 Å². The number of nitrogens with zero attached hydrogens (tertiary/aromatic N) is 3. The highest BCUT2D eigenvalue weighted by Gasteiger charge is 2.21. The van der Waals surface area contributed by atoms with E-state index in [2.05, 4.69) is 16.2 Å². The fourth-order valence-corrected chi connectivity index (χ4v) is 2.40. The van der Waals surface area contributed by atoms with Crippen molar-refractivity contribution in [1.29, 1.82) is 5.26 Å². The first-order valence-corrected chi connectivity index (χ1v) is 6.49. The summed E-state index contributed by atoms with van der Waals surface area (Å²) in [6.45, 7) is 2.04. The third-order valence-electron chi connectivity index (χ3n) is 3.42. The maximum Gasteiger partial charge on any atom is 0.226 e. The topological polar surface area (TPSA) is 62.7 Å². The van der Waals surface area contributed by atoms with Crippen LogP contribution in [0.15, 0.2) is 4.52 Å². The van der Waals surface area contributed by atoms with Crippen molar-refractivity contribution in [3.63, 3.8) is 0 Å². The molecule has 4 nitrogen and oxygen atoms in total. The molecule has 1 aliphatic carbocycles. The van der Waals surface area contributed by atoms with Crippen molar-refractivity contribution in [2.45, 2.75) is 57.8 Å². The highest BCUT2D eigenvalue weighted by molar-refractivity contribution is 4.97. The maximum atomic E-state index is 8.61. The zero-order chi connectivity index (χ0) is 12.1. The minimum atomic E-state index is 0.291. The molecule has 2 rings (SSSR count). The molecular weight excluding hydrogens is 214 g/mol. The predicted molar refractivity (Wildman–Crippen MR) is 63.2 cm³/mol. The standard InChI is InChI=1S/C13H19N3O/c1-10(7-8-14)9-12-15-13(16-17-12)11-5-3-2-4-6-11/h10-11H,2-7,9H2,1H3. The summed E-state index contributed by atoms with van der Waals surface area (Å²) in [6.07, 6.45) is 7.52. The Morgan fingerprint density at radius 3 is 2.88 bits per heavy atom. The molecule has 0 aromatic carbocycles. The molecule has 1 aromatic heterocycles. The van der Waals surface area contributed by atoms with Crippen LogP contribution in [0.5, 0.6) is 0 Å². The van der Waals surface area contributed by atoms with Crippen LogP contribution in [0, 0.1) is 17.2 Å². The van der Waals surface area contributed by atoms with Gasteiger partial charge in [0.15, 0.2) is 5.82 Å². The molecule has 4 heteroatoms. The number of hydrogen-bond acceptors (Lipinski definition) is 4. The summed E-state index contributed by atoms with van der Waals surface area (Å²) in [5.41, 5.74) is 0. The summed E-state index contributed by atoms with van der Waals surface area (Å²) in [5, 5.41) is 12.7. The average Bonchev–Trinajstić information content (AvgIpc) is 2.79. The highest BCUT2D eigenvalue weighted by Crippen LogP contribution is 2.30. The molecule has 1 fully saturated rings. The molecule has 17 heavy (non-hydrogen) atoms. The van der Waals surface area contributed by atoms with Crippen molar-refractivity contribution in [1.82, 2.24) is 10.1 Å². The lowest BCUT2D eigenvalue weighted by molar-refractivity contribution is 0.345. The summed E-state index contributed by atoms with van der Waals surface area (Å²) in [5.74, 6) is 2.35. The highest BCUT2D eigenvalue weighted by atomic mass is 16.5. The molecule has 0 bridgehead atoms. The Bertz CT molecular complexity index is 388. The summed E-state index contributed by atoms with van der Waals surface area (Å²) in [6, 6.07) is 2.17. The van der Waals surface area contributed by atoms with Crippen LogP contribution >= 0.6 is 0 Å². The smallest absolute Gasteiger partial charge is 0.226 e. The van der Waals surface area contributed by atoms with E-state index in [-0.39, 0.29) is 0 Å². The van der Waals surface area contributed by atoms with Gasteiger partial charge in [-0.25, -0.2) is 0 Å². The molecule has 92 valence electrons. The molecule has 1 heterocycles. The van der Waals surface area contributed by atoms with Crippen molar-refractivity contribution in [2.24, 2.45) is 5.92 Å².